The first-order valence-corrected chi connectivity index (χ1v) is 5.74. The smallest absolute Gasteiger partial charge is 0.401 e. The van der Waals surface area contributed by atoms with Crippen LogP contribution in [0.5, 0.6) is 0 Å². The normalized spacial score (nSPS) is 13.6. The fourth-order valence-corrected chi connectivity index (χ4v) is 2.23. The summed E-state index contributed by atoms with van der Waals surface area (Å²) in [5.41, 5.74) is -0.628. The second-order valence-corrected chi connectivity index (χ2v) is 4.47. The molecule has 1 aromatic rings. The maximum absolute atomic E-state index is 12.6. The number of carbonyl (C=O) groups is 1. The minimum absolute atomic E-state index is 0.148. The Hall–Kier alpha value is -1.45. The van der Waals surface area contributed by atoms with Crippen LogP contribution in [-0.4, -0.2) is 37.3 Å². The molecule has 0 spiro atoms. The average molecular weight is 285 g/mol. The molecular formula is C8H10F3N3O3S. The van der Waals surface area contributed by atoms with Gasteiger partial charge >= 0.3 is 17.8 Å². The Morgan fingerprint density at radius 2 is 2.22 bits per heavy atom. The summed E-state index contributed by atoms with van der Waals surface area (Å²) in [5.74, 6) is -1.56. The predicted molar refractivity (Wildman–Crippen MR) is 56.5 cm³/mol. The Balaban J connectivity index is 2.96. The number of hydrogen-bond acceptors (Lipinski definition) is 4. The number of thioether (sulfide) groups is 1. The van der Waals surface area contributed by atoms with Crippen molar-refractivity contribution in [3.05, 3.63) is 10.5 Å². The molecule has 0 aliphatic carbocycles. The van der Waals surface area contributed by atoms with Crippen molar-refractivity contribution in [2.24, 2.45) is 0 Å². The van der Waals surface area contributed by atoms with Gasteiger partial charge in [0.1, 0.15) is 5.25 Å². The Morgan fingerprint density at radius 1 is 1.61 bits per heavy atom. The number of H-pyrrole nitrogens is 1. The predicted octanol–water partition coefficient (Wildman–Crippen LogP) is 1.09. The quantitative estimate of drug-likeness (QED) is 0.791. The van der Waals surface area contributed by atoms with Crippen LogP contribution in [0.2, 0.25) is 0 Å². The summed E-state index contributed by atoms with van der Waals surface area (Å²) in [7, 11) is 0. The highest BCUT2D eigenvalue weighted by Gasteiger charge is 2.42. The number of aromatic nitrogens is 3. The van der Waals surface area contributed by atoms with Gasteiger partial charge in [-0.3, -0.25) is 9.36 Å². The van der Waals surface area contributed by atoms with Crippen LogP contribution in [-0.2, 0) is 11.3 Å². The first kappa shape index (κ1) is 14.6. The van der Waals surface area contributed by atoms with Crippen molar-refractivity contribution in [3.63, 3.8) is 0 Å². The number of alkyl halides is 3. The maximum Gasteiger partial charge on any atom is 0.401 e. The van der Waals surface area contributed by atoms with E-state index in [2.05, 4.69) is 5.10 Å². The minimum Gasteiger partial charge on any atom is -0.481 e. The van der Waals surface area contributed by atoms with Crippen molar-refractivity contribution in [1.82, 2.24) is 14.8 Å². The van der Waals surface area contributed by atoms with E-state index in [4.69, 9.17) is 5.11 Å². The summed E-state index contributed by atoms with van der Waals surface area (Å²) in [6.07, 6.45) is -5.77. The second kappa shape index (κ2) is 5.46. The highest BCUT2D eigenvalue weighted by Crippen LogP contribution is 2.36. The maximum atomic E-state index is 12.6. The van der Waals surface area contributed by atoms with Crippen molar-refractivity contribution in [1.29, 1.82) is 0 Å². The van der Waals surface area contributed by atoms with Crippen LogP contribution in [0, 0.1) is 0 Å². The van der Waals surface area contributed by atoms with Crippen LogP contribution >= 0.6 is 11.8 Å². The Kier molecular flexibility index (Phi) is 4.43. The van der Waals surface area contributed by atoms with Gasteiger partial charge in [0.2, 0.25) is 0 Å². The first-order chi connectivity index (χ1) is 8.25. The van der Waals surface area contributed by atoms with Gasteiger partial charge in [-0.2, -0.15) is 13.2 Å². The molecule has 1 rings (SSSR count). The van der Waals surface area contributed by atoms with E-state index in [1.165, 1.54) is 0 Å². The Labute approximate surface area is 103 Å². The number of nitrogens with one attached hydrogen (secondary N) is 1. The van der Waals surface area contributed by atoms with Crippen molar-refractivity contribution < 1.29 is 23.1 Å². The monoisotopic (exact) mass is 285 g/mol. The summed E-state index contributed by atoms with van der Waals surface area (Å²) >= 11 is 0.211. The second-order valence-electron chi connectivity index (χ2n) is 3.30. The van der Waals surface area contributed by atoms with Crippen molar-refractivity contribution >= 4 is 17.7 Å². The minimum atomic E-state index is -4.68. The van der Waals surface area contributed by atoms with E-state index in [1.54, 1.807) is 6.92 Å². The molecule has 1 heterocycles. The summed E-state index contributed by atoms with van der Waals surface area (Å²) in [4.78, 5) is 21.6. The molecule has 1 aromatic heterocycles. The van der Waals surface area contributed by atoms with Crippen LogP contribution < -0.4 is 5.69 Å². The molecule has 2 N–H and O–H groups in total. The molecule has 1 unspecified atom stereocenters. The molecule has 0 amide bonds. The Morgan fingerprint density at radius 3 is 2.67 bits per heavy atom. The van der Waals surface area contributed by atoms with E-state index >= 15 is 0 Å². The fraction of sp³-hybridized carbons (Fsp3) is 0.625. The molecule has 18 heavy (non-hydrogen) atoms. The topological polar surface area (TPSA) is 88.0 Å². The van der Waals surface area contributed by atoms with Gasteiger partial charge in [-0.15, -0.1) is 5.10 Å². The zero-order valence-electron chi connectivity index (χ0n) is 9.19. The van der Waals surface area contributed by atoms with Crippen LogP contribution in [0.25, 0.3) is 0 Å². The zero-order valence-corrected chi connectivity index (χ0v) is 10.0. The highest BCUT2D eigenvalue weighted by atomic mass is 32.2. The van der Waals surface area contributed by atoms with E-state index in [-0.39, 0.29) is 23.5 Å². The molecule has 6 nitrogen and oxygen atoms in total. The van der Waals surface area contributed by atoms with Gasteiger partial charge in [0.25, 0.3) is 0 Å². The molecule has 0 aliphatic rings. The third kappa shape index (κ3) is 3.52. The lowest BCUT2D eigenvalue weighted by Gasteiger charge is -2.17. The van der Waals surface area contributed by atoms with Gasteiger partial charge in [-0.1, -0.05) is 11.8 Å². The highest BCUT2D eigenvalue weighted by molar-refractivity contribution is 7.99. The number of aromatic amines is 1. The van der Waals surface area contributed by atoms with E-state index in [0.717, 1.165) is 4.57 Å². The molecule has 0 saturated heterocycles. The molecule has 1 atom stereocenters. The molecule has 102 valence electrons. The fourth-order valence-electron chi connectivity index (χ4n) is 1.18. The zero-order chi connectivity index (χ0) is 13.9. The molecular weight excluding hydrogens is 275 g/mol. The number of hydrogen-bond donors (Lipinski definition) is 2. The van der Waals surface area contributed by atoms with Crippen LogP contribution in [0.3, 0.4) is 0 Å². The molecule has 10 heteroatoms. The summed E-state index contributed by atoms with van der Waals surface area (Å²) < 4.78 is 38.8. The third-order valence-electron chi connectivity index (χ3n) is 2.01. The van der Waals surface area contributed by atoms with Crippen molar-refractivity contribution in [2.75, 3.05) is 0 Å². The largest absolute Gasteiger partial charge is 0.481 e. The van der Waals surface area contributed by atoms with E-state index in [0.29, 0.717) is 0 Å². The standard InChI is InChI=1S/C8H10F3N3O3S/c1-2-14-6(17)12-13-7(14)18-4(3-5(15)16)8(9,10)11/h4H,2-3H2,1H3,(H,12,17)(H,15,16). The van der Waals surface area contributed by atoms with Crippen LogP contribution in [0.15, 0.2) is 9.95 Å². The molecule has 0 aromatic carbocycles. The number of carboxylic acid groups (broad SMARTS) is 1. The van der Waals surface area contributed by atoms with Crippen molar-refractivity contribution in [3.8, 4) is 0 Å². The molecule has 0 bridgehead atoms. The van der Waals surface area contributed by atoms with Gasteiger partial charge in [0.05, 0.1) is 6.42 Å². The van der Waals surface area contributed by atoms with Crippen LogP contribution in [0.4, 0.5) is 13.2 Å². The van der Waals surface area contributed by atoms with Gasteiger partial charge in [-0.25, -0.2) is 9.89 Å². The molecule has 0 saturated carbocycles. The lowest BCUT2D eigenvalue weighted by molar-refractivity contribution is -0.149. The number of aliphatic carboxylic acids is 1. The first-order valence-electron chi connectivity index (χ1n) is 4.86. The molecule has 0 fully saturated rings. The summed E-state index contributed by atoms with van der Waals surface area (Å²) in [6, 6.07) is 0. The molecule has 0 aliphatic heterocycles. The molecule has 0 radical (unpaired) electrons. The summed E-state index contributed by atoms with van der Waals surface area (Å²) in [5, 5.41) is 11.6. The van der Waals surface area contributed by atoms with E-state index in [9.17, 15) is 22.8 Å². The average Bonchev–Trinajstić information content (AvgIpc) is 2.56. The Bertz CT molecular complexity index is 482. The number of carboxylic acids is 1. The van der Waals surface area contributed by atoms with Crippen molar-refractivity contribution in [2.45, 2.75) is 36.5 Å². The van der Waals surface area contributed by atoms with E-state index in [1.807, 2.05) is 5.10 Å². The van der Waals surface area contributed by atoms with Gasteiger partial charge in [0, 0.05) is 6.54 Å². The van der Waals surface area contributed by atoms with Gasteiger partial charge in [0.15, 0.2) is 5.16 Å². The summed E-state index contributed by atoms with van der Waals surface area (Å²) in [6.45, 7) is 1.72. The third-order valence-corrected chi connectivity index (χ3v) is 3.25. The number of nitrogens with zero attached hydrogens (tertiary/aromatic N) is 2. The number of rotatable bonds is 5. The SMILES string of the molecule is CCn1c(SC(CC(=O)O)C(F)(F)F)n[nH]c1=O. The lowest BCUT2D eigenvalue weighted by Crippen LogP contribution is -2.29. The van der Waals surface area contributed by atoms with Gasteiger partial charge < -0.3 is 5.11 Å². The van der Waals surface area contributed by atoms with Gasteiger partial charge in [-0.05, 0) is 6.92 Å². The number of halogens is 3. The van der Waals surface area contributed by atoms with Crippen LogP contribution in [0.1, 0.15) is 13.3 Å². The van der Waals surface area contributed by atoms with E-state index < -0.39 is 29.5 Å². The lowest BCUT2D eigenvalue weighted by atomic mass is 10.3.